The van der Waals surface area contributed by atoms with Gasteiger partial charge >= 0.3 is 5.97 Å². The van der Waals surface area contributed by atoms with Crippen LogP contribution in [0.15, 0.2) is 17.1 Å². The maximum Gasteiger partial charge on any atom is 0.305 e. The van der Waals surface area contributed by atoms with Crippen molar-refractivity contribution >= 4 is 18.2 Å². The zero-order valence-electron chi connectivity index (χ0n) is 11.3. The van der Waals surface area contributed by atoms with Crippen LogP contribution in [0.2, 0.25) is 0 Å². The van der Waals surface area contributed by atoms with Crippen molar-refractivity contribution in [3.8, 4) is 0 Å². The van der Waals surface area contributed by atoms with Gasteiger partial charge in [-0.15, -0.1) is 0 Å². The van der Waals surface area contributed by atoms with Gasteiger partial charge in [0, 0.05) is 18.7 Å². The largest absolute Gasteiger partial charge is 0.463 e. The van der Waals surface area contributed by atoms with Crippen LogP contribution >= 0.6 is 12.2 Å². The number of carbonyl (C=O) groups is 1. The van der Waals surface area contributed by atoms with E-state index in [1.165, 1.54) is 16.8 Å². The SMILES string of the molecule is CCC(=O)OC[C@H]1OC(n2ccc(=O)[nH]c2=S)[C@H](O)[C@@H]1O. The van der Waals surface area contributed by atoms with E-state index in [1.54, 1.807) is 6.92 Å². The number of nitrogens with zero attached hydrogens (tertiary/aromatic N) is 1. The Labute approximate surface area is 124 Å². The second-order valence-electron chi connectivity index (χ2n) is 4.60. The number of hydrogen-bond acceptors (Lipinski definition) is 7. The Morgan fingerprint density at radius 1 is 1.52 bits per heavy atom. The molecular formula is C12H16N2O6S. The first-order valence-electron chi connectivity index (χ1n) is 6.42. The van der Waals surface area contributed by atoms with E-state index < -0.39 is 30.5 Å². The quantitative estimate of drug-likeness (QED) is 0.506. The molecule has 0 spiro atoms. The lowest BCUT2D eigenvalue weighted by atomic mass is 10.1. The number of aliphatic hydroxyl groups excluding tert-OH is 2. The van der Waals surface area contributed by atoms with Crippen molar-refractivity contribution in [2.75, 3.05) is 6.61 Å². The first kappa shape index (κ1) is 15.8. The summed E-state index contributed by atoms with van der Waals surface area (Å²) in [6, 6.07) is 1.22. The van der Waals surface area contributed by atoms with Crippen molar-refractivity contribution in [3.05, 3.63) is 27.4 Å². The van der Waals surface area contributed by atoms with Crippen LogP contribution in [0.1, 0.15) is 19.6 Å². The fourth-order valence-corrected chi connectivity index (χ4v) is 2.27. The van der Waals surface area contributed by atoms with Crippen molar-refractivity contribution in [2.24, 2.45) is 0 Å². The molecular weight excluding hydrogens is 300 g/mol. The molecule has 2 heterocycles. The number of hydrogen-bond donors (Lipinski definition) is 3. The van der Waals surface area contributed by atoms with E-state index in [-0.39, 0.29) is 23.4 Å². The molecule has 2 rings (SSSR count). The Balaban J connectivity index is 2.14. The third kappa shape index (κ3) is 3.38. The number of esters is 1. The van der Waals surface area contributed by atoms with Gasteiger partial charge in [0.25, 0.3) is 5.56 Å². The van der Waals surface area contributed by atoms with E-state index in [4.69, 9.17) is 21.7 Å². The van der Waals surface area contributed by atoms with Crippen molar-refractivity contribution < 1.29 is 24.5 Å². The molecule has 0 amide bonds. The number of aromatic amines is 1. The summed E-state index contributed by atoms with van der Waals surface area (Å²) in [6.45, 7) is 1.48. The molecule has 1 unspecified atom stereocenters. The fourth-order valence-electron chi connectivity index (χ4n) is 2.00. The zero-order valence-corrected chi connectivity index (χ0v) is 12.1. The Morgan fingerprint density at radius 3 is 2.86 bits per heavy atom. The molecule has 0 aromatic carbocycles. The lowest BCUT2D eigenvalue weighted by molar-refractivity contribution is -0.149. The molecule has 0 saturated carbocycles. The summed E-state index contributed by atoms with van der Waals surface area (Å²) in [5, 5.41) is 20.0. The molecule has 21 heavy (non-hydrogen) atoms. The summed E-state index contributed by atoms with van der Waals surface area (Å²) in [7, 11) is 0. The van der Waals surface area contributed by atoms with E-state index >= 15 is 0 Å². The van der Waals surface area contributed by atoms with Gasteiger partial charge in [-0.25, -0.2) is 0 Å². The molecule has 1 aromatic heterocycles. The van der Waals surface area contributed by atoms with Crippen molar-refractivity contribution in [1.29, 1.82) is 0 Å². The van der Waals surface area contributed by atoms with Crippen LogP contribution in [0.25, 0.3) is 0 Å². The third-order valence-electron chi connectivity index (χ3n) is 3.16. The molecule has 0 radical (unpaired) electrons. The molecule has 1 aliphatic rings. The number of ether oxygens (including phenoxy) is 2. The summed E-state index contributed by atoms with van der Waals surface area (Å²) >= 11 is 4.98. The molecule has 9 heteroatoms. The fraction of sp³-hybridized carbons (Fsp3) is 0.583. The average Bonchev–Trinajstić information content (AvgIpc) is 2.73. The van der Waals surface area contributed by atoms with Crippen LogP contribution < -0.4 is 5.56 Å². The van der Waals surface area contributed by atoms with Crippen LogP contribution in [0.4, 0.5) is 0 Å². The van der Waals surface area contributed by atoms with Crippen LogP contribution in [0, 0.1) is 4.77 Å². The van der Waals surface area contributed by atoms with E-state index in [2.05, 4.69) is 4.98 Å². The van der Waals surface area contributed by atoms with Crippen LogP contribution in [-0.4, -0.2) is 50.7 Å². The Kier molecular flexibility index (Phi) is 4.88. The van der Waals surface area contributed by atoms with Gasteiger partial charge in [0.2, 0.25) is 0 Å². The first-order chi connectivity index (χ1) is 9.93. The van der Waals surface area contributed by atoms with Crippen molar-refractivity contribution in [1.82, 2.24) is 9.55 Å². The number of aromatic nitrogens is 2. The lowest BCUT2D eigenvalue weighted by Gasteiger charge is -2.17. The summed E-state index contributed by atoms with van der Waals surface area (Å²) in [5.41, 5.74) is -0.377. The predicted octanol–water partition coefficient (Wildman–Crippen LogP) is -0.522. The monoisotopic (exact) mass is 316 g/mol. The minimum Gasteiger partial charge on any atom is -0.463 e. The second-order valence-corrected chi connectivity index (χ2v) is 4.99. The summed E-state index contributed by atoms with van der Waals surface area (Å²) in [6.07, 6.45) is -2.74. The second kappa shape index (κ2) is 6.48. The van der Waals surface area contributed by atoms with Gasteiger partial charge < -0.3 is 19.7 Å². The summed E-state index contributed by atoms with van der Waals surface area (Å²) < 4.78 is 11.8. The normalized spacial score (nSPS) is 28.5. The van der Waals surface area contributed by atoms with Gasteiger partial charge in [0.15, 0.2) is 11.0 Å². The van der Waals surface area contributed by atoms with E-state index in [0.29, 0.717) is 0 Å². The Morgan fingerprint density at radius 2 is 2.24 bits per heavy atom. The number of carbonyl (C=O) groups excluding carboxylic acids is 1. The lowest BCUT2D eigenvalue weighted by Crippen LogP contribution is -2.34. The molecule has 3 N–H and O–H groups in total. The summed E-state index contributed by atoms with van der Waals surface area (Å²) in [5.74, 6) is -0.426. The molecule has 1 aromatic rings. The Hall–Kier alpha value is -1.55. The maximum atomic E-state index is 11.1. The van der Waals surface area contributed by atoms with Crippen molar-refractivity contribution in [2.45, 2.75) is 37.9 Å². The molecule has 1 fully saturated rings. The van der Waals surface area contributed by atoms with Gasteiger partial charge in [-0.05, 0) is 12.2 Å². The highest BCUT2D eigenvalue weighted by Crippen LogP contribution is 2.29. The first-order valence-corrected chi connectivity index (χ1v) is 6.83. The molecule has 4 atom stereocenters. The Bertz CT molecular complexity index is 627. The van der Waals surface area contributed by atoms with Gasteiger partial charge in [0.05, 0.1) is 0 Å². The van der Waals surface area contributed by atoms with Gasteiger partial charge in [-0.2, -0.15) is 0 Å². The minimum absolute atomic E-state index is 0.0601. The van der Waals surface area contributed by atoms with Crippen LogP contribution in [0.5, 0.6) is 0 Å². The smallest absolute Gasteiger partial charge is 0.305 e. The van der Waals surface area contributed by atoms with Crippen molar-refractivity contribution in [3.63, 3.8) is 0 Å². The van der Waals surface area contributed by atoms with Crippen LogP contribution in [-0.2, 0) is 14.3 Å². The van der Waals surface area contributed by atoms with E-state index in [9.17, 15) is 19.8 Å². The number of rotatable bonds is 4. The molecule has 1 saturated heterocycles. The standard InChI is InChI=1S/C12H16N2O6S/c1-2-8(16)19-5-6-9(17)10(18)11(20-6)14-4-3-7(15)13-12(14)21/h3-4,6,9-11,17-18H,2,5H2,1H3,(H,13,15,21)/t6-,9-,10-,11?/m1/s1. The van der Waals surface area contributed by atoms with E-state index in [1.807, 2.05) is 0 Å². The maximum absolute atomic E-state index is 11.1. The molecule has 1 aliphatic heterocycles. The number of nitrogens with one attached hydrogen (secondary N) is 1. The third-order valence-corrected chi connectivity index (χ3v) is 3.47. The van der Waals surface area contributed by atoms with Gasteiger partial charge in [-0.3, -0.25) is 19.1 Å². The van der Waals surface area contributed by atoms with E-state index in [0.717, 1.165) is 0 Å². The molecule has 8 nitrogen and oxygen atoms in total. The number of aliphatic hydroxyl groups is 2. The highest BCUT2D eigenvalue weighted by Gasteiger charge is 2.44. The van der Waals surface area contributed by atoms with Crippen LogP contribution in [0.3, 0.4) is 0 Å². The number of H-pyrrole nitrogens is 1. The highest BCUT2D eigenvalue weighted by atomic mass is 32.1. The molecule has 0 bridgehead atoms. The van der Waals surface area contributed by atoms with Gasteiger partial charge in [-0.1, -0.05) is 6.92 Å². The zero-order chi connectivity index (χ0) is 15.6. The topological polar surface area (TPSA) is 114 Å². The highest BCUT2D eigenvalue weighted by molar-refractivity contribution is 7.71. The minimum atomic E-state index is -1.26. The van der Waals surface area contributed by atoms with Gasteiger partial charge in [0.1, 0.15) is 24.9 Å². The molecule has 0 aliphatic carbocycles. The summed E-state index contributed by atoms with van der Waals surface area (Å²) in [4.78, 5) is 24.6. The average molecular weight is 316 g/mol. The predicted molar refractivity (Wildman–Crippen MR) is 73.1 cm³/mol. The molecule has 116 valence electrons.